The van der Waals surface area contributed by atoms with Gasteiger partial charge in [-0.1, -0.05) is 0 Å². The van der Waals surface area contributed by atoms with Crippen LogP contribution in [0.2, 0.25) is 0 Å². The minimum atomic E-state index is -4.21. The number of non-ortho nitro benzene ring substituents is 1. The van der Waals surface area contributed by atoms with E-state index in [2.05, 4.69) is 9.98 Å². The van der Waals surface area contributed by atoms with Crippen LogP contribution in [0.1, 0.15) is 10.6 Å². The first-order valence-electron chi connectivity index (χ1n) is 8.68. The van der Waals surface area contributed by atoms with Crippen molar-refractivity contribution in [1.29, 1.82) is 0 Å². The Labute approximate surface area is 183 Å². The second kappa shape index (κ2) is 7.90. The maximum absolute atomic E-state index is 12.7. The van der Waals surface area contributed by atoms with Gasteiger partial charge in [-0.25, -0.2) is 9.78 Å². The molecule has 3 aromatic rings. The average Bonchev–Trinajstić information content (AvgIpc) is 3.34. The van der Waals surface area contributed by atoms with Gasteiger partial charge in [-0.15, -0.1) is 23.1 Å². The van der Waals surface area contributed by atoms with E-state index in [0.717, 1.165) is 12.1 Å². The number of carboxylic acid groups (broad SMARTS) is 1. The topological polar surface area (TPSA) is 149 Å². The lowest BCUT2D eigenvalue weighted by atomic mass is 10.2. The van der Waals surface area contributed by atoms with Crippen molar-refractivity contribution in [1.82, 2.24) is 4.98 Å². The normalized spacial score (nSPS) is 16.3. The molecule has 1 atom stereocenters. The van der Waals surface area contributed by atoms with Crippen molar-refractivity contribution in [2.45, 2.75) is 17.9 Å². The summed E-state index contributed by atoms with van der Waals surface area (Å²) < 4.78 is 31.2. The largest absolute Gasteiger partial charge is 0.480 e. The van der Waals surface area contributed by atoms with E-state index in [1.165, 1.54) is 48.2 Å². The van der Waals surface area contributed by atoms with Crippen LogP contribution in [0.5, 0.6) is 5.75 Å². The second-order valence-electron chi connectivity index (χ2n) is 6.49. The van der Waals surface area contributed by atoms with Crippen molar-refractivity contribution in [3.05, 3.63) is 57.1 Å². The number of aliphatic carboxylic acids is 1. The van der Waals surface area contributed by atoms with Crippen LogP contribution in [-0.2, 0) is 14.9 Å². The van der Waals surface area contributed by atoms with E-state index in [9.17, 15) is 23.3 Å². The van der Waals surface area contributed by atoms with Crippen LogP contribution in [-0.4, -0.2) is 46.2 Å². The van der Waals surface area contributed by atoms with Crippen LogP contribution in [0.15, 0.2) is 46.3 Å². The summed E-state index contributed by atoms with van der Waals surface area (Å²) in [7, 11) is -4.21. The molecule has 10 nitrogen and oxygen atoms in total. The van der Waals surface area contributed by atoms with E-state index in [0.29, 0.717) is 26.0 Å². The summed E-state index contributed by atoms with van der Waals surface area (Å²) in [6, 6.07) is 7.17. The number of aliphatic imine (C=N–C) groups is 1. The fourth-order valence-corrected chi connectivity index (χ4v) is 6.09. The fourth-order valence-electron chi connectivity index (χ4n) is 2.86. The summed E-state index contributed by atoms with van der Waals surface area (Å²) in [5, 5.41) is 21.0. The third-order valence-corrected chi connectivity index (χ3v) is 7.94. The second-order valence-corrected chi connectivity index (χ2v) is 10.0. The number of hydrogen-bond donors (Lipinski definition) is 1. The summed E-state index contributed by atoms with van der Waals surface area (Å²) in [5.41, 5.74) is 0.575. The number of thiazole rings is 1. The molecule has 1 aliphatic rings. The Bertz CT molecular complexity index is 1360. The Morgan fingerprint density at radius 3 is 2.71 bits per heavy atom. The Balaban J connectivity index is 1.61. The molecule has 0 saturated heterocycles. The van der Waals surface area contributed by atoms with E-state index in [4.69, 9.17) is 9.29 Å². The summed E-state index contributed by atoms with van der Waals surface area (Å²) >= 11 is 2.55. The molecule has 0 spiro atoms. The first-order valence-corrected chi connectivity index (χ1v) is 11.9. The smallest absolute Gasteiger partial charge is 0.339 e. The third kappa shape index (κ3) is 4.24. The van der Waals surface area contributed by atoms with Crippen LogP contribution in [0.4, 0.5) is 5.69 Å². The zero-order valence-electron chi connectivity index (χ0n) is 15.7. The molecular formula is C18H13N3O7S3. The molecule has 0 amide bonds. The Hall–Kier alpha value is -3.03. The number of fused-ring (bicyclic) bond motifs is 1. The third-order valence-electron chi connectivity index (χ3n) is 4.32. The number of thioether (sulfide) groups is 1. The van der Waals surface area contributed by atoms with Gasteiger partial charge < -0.3 is 9.29 Å². The number of rotatable bonds is 6. The summed E-state index contributed by atoms with van der Waals surface area (Å²) in [6.07, 6.45) is 0. The molecule has 0 saturated carbocycles. The Morgan fingerprint density at radius 1 is 1.29 bits per heavy atom. The van der Waals surface area contributed by atoms with Gasteiger partial charge in [-0.2, -0.15) is 8.42 Å². The number of carbonyl (C=O) groups is 1. The van der Waals surface area contributed by atoms with Crippen LogP contribution in [0.3, 0.4) is 0 Å². The fraction of sp³-hybridized carbons (Fsp3) is 0.167. The van der Waals surface area contributed by atoms with Crippen molar-refractivity contribution in [3.63, 3.8) is 0 Å². The van der Waals surface area contributed by atoms with Gasteiger partial charge >= 0.3 is 16.1 Å². The van der Waals surface area contributed by atoms with Gasteiger partial charge in [0.05, 0.1) is 15.1 Å². The van der Waals surface area contributed by atoms with E-state index < -0.39 is 27.1 Å². The number of aromatic nitrogens is 1. The molecule has 0 bridgehead atoms. The van der Waals surface area contributed by atoms with Crippen LogP contribution < -0.4 is 4.18 Å². The maximum Gasteiger partial charge on any atom is 0.339 e. The number of carboxylic acids is 1. The molecule has 0 unspecified atom stereocenters. The van der Waals surface area contributed by atoms with E-state index in [1.54, 1.807) is 6.07 Å². The molecule has 0 radical (unpaired) electrons. The lowest BCUT2D eigenvalue weighted by Gasteiger charge is -2.09. The standard InChI is InChI=1S/C18H13N3O7S3/c1-9-6-10(21(24)25)2-5-15(9)31(26,27)28-11-3-4-12-14(7-11)30-17(19-12)16-20-13(8-29-16)18(22)23/h2-7,13H,8H2,1H3,(H,22,23)/t13-/m1/s1. The maximum atomic E-state index is 12.7. The van der Waals surface area contributed by atoms with Crippen molar-refractivity contribution in [2.24, 2.45) is 4.99 Å². The van der Waals surface area contributed by atoms with Gasteiger partial charge in [0.2, 0.25) is 0 Å². The highest BCUT2D eigenvalue weighted by Gasteiger charge is 2.27. The van der Waals surface area contributed by atoms with Gasteiger partial charge in [0.25, 0.3) is 5.69 Å². The number of hydrogen-bond acceptors (Lipinski definition) is 10. The highest BCUT2D eigenvalue weighted by Crippen LogP contribution is 2.33. The molecule has 160 valence electrons. The molecule has 0 fully saturated rings. The number of nitrogens with zero attached hydrogens (tertiary/aromatic N) is 3. The summed E-state index contributed by atoms with van der Waals surface area (Å²) in [5.74, 6) is -0.599. The zero-order chi connectivity index (χ0) is 22.3. The van der Waals surface area contributed by atoms with Gasteiger partial charge in [0, 0.05) is 24.0 Å². The number of benzene rings is 2. The molecular weight excluding hydrogens is 466 g/mol. The van der Waals surface area contributed by atoms with Crippen molar-refractivity contribution >= 4 is 60.1 Å². The minimum absolute atomic E-state index is 0.0601. The Morgan fingerprint density at radius 2 is 2.06 bits per heavy atom. The van der Waals surface area contributed by atoms with Gasteiger partial charge in [0.15, 0.2) is 6.04 Å². The predicted molar refractivity (Wildman–Crippen MR) is 116 cm³/mol. The lowest BCUT2D eigenvalue weighted by molar-refractivity contribution is -0.385. The average molecular weight is 480 g/mol. The van der Waals surface area contributed by atoms with Crippen molar-refractivity contribution in [3.8, 4) is 5.75 Å². The van der Waals surface area contributed by atoms with Crippen LogP contribution in [0, 0.1) is 17.0 Å². The number of nitro benzene ring substituents is 1. The van der Waals surface area contributed by atoms with E-state index >= 15 is 0 Å². The quantitative estimate of drug-likeness (QED) is 0.319. The summed E-state index contributed by atoms with van der Waals surface area (Å²) in [4.78, 5) is 29.7. The van der Waals surface area contributed by atoms with Gasteiger partial charge in [-0.05, 0) is 30.7 Å². The lowest BCUT2D eigenvalue weighted by Crippen LogP contribution is -2.17. The summed E-state index contributed by atoms with van der Waals surface area (Å²) in [6.45, 7) is 1.45. The first-order chi connectivity index (χ1) is 14.6. The molecule has 2 aromatic carbocycles. The van der Waals surface area contributed by atoms with Crippen LogP contribution in [0.25, 0.3) is 10.2 Å². The number of aryl methyl sites for hydroxylation is 1. The van der Waals surface area contributed by atoms with Gasteiger partial charge in [-0.3, -0.25) is 15.1 Å². The number of nitro groups is 1. The van der Waals surface area contributed by atoms with Crippen molar-refractivity contribution in [2.75, 3.05) is 5.75 Å². The van der Waals surface area contributed by atoms with Crippen molar-refractivity contribution < 1.29 is 27.4 Å². The van der Waals surface area contributed by atoms with E-state index in [1.807, 2.05) is 0 Å². The van der Waals surface area contributed by atoms with Gasteiger partial charge in [0.1, 0.15) is 20.7 Å². The Kier molecular flexibility index (Phi) is 5.41. The molecule has 1 N–H and O–H groups in total. The predicted octanol–water partition coefficient (Wildman–Crippen LogP) is 3.23. The SMILES string of the molecule is Cc1cc([N+](=O)[O-])ccc1S(=O)(=O)Oc1ccc2nc(C3=N[C@@H](C(=O)O)CS3)sc2c1. The molecule has 1 aromatic heterocycles. The first kappa shape index (κ1) is 21.2. The highest BCUT2D eigenvalue weighted by molar-refractivity contribution is 8.15. The molecule has 4 rings (SSSR count). The highest BCUT2D eigenvalue weighted by atomic mass is 32.2. The molecule has 2 heterocycles. The molecule has 0 aliphatic carbocycles. The monoisotopic (exact) mass is 479 g/mol. The molecule has 13 heteroatoms. The molecule has 31 heavy (non-hydrogen) atoms. The zero-order valence-corrected chi connectivity index (χ0v) is 18.2. The molecule has 1 aliphatic heterocycles. The minimum Gasteiger partial charge on any atom is -0.480 e. The van der Waals surface area contributed by atoms with E-state index in [-0.39, 0.29) is 21.9 Å². The van der Waals surface area contributed by atoms with Crippen LogP contribution >= 0.6 is 23.1 Å².